The summed E-state index contributed by atoms with van der Waals surface area (Å²) in [5.41, 5.74) is 0. The minimum Gasteiger partial charge on any atom is -0.348 e. The Morgan fingerprint density at radius 1 is 1.47 bits per heavy atom. The van der Waals surface area contributed by atoms with Gasteiger partial charge in [-0.2, -0.15) is 0 Å². The van der Waals surface area contributed by atoms with Gasteiger partial charge >= 0.3 is 0 Å². The first-order valence-corrected chi connectivity index (χ1v) is 6.22. The Balaban J connectivity index is 1.69. The molecule has 1 aliphatic rings. The Bertz CT molecular complexity index is 372. The van der Waals surface area contributed by atoms with Crippen molar-refractivity contribution < 1.29 is 4.79 Å². The molecule has 1 fully saturated rings. The number of carbonyl (C=O) groups is 1. The number of nitrogens with zero attached hydrogens (tertiary/aromatic N) is 2. The third kappa shape index (κ3) is 3.81. The first kappa shape index (κ1) is 12.0. The normalized spacial score (nSPS) is 14.9. The number of hydrogen-bond acceptors (Lipinski definition) is 4. The number of aryl methyl sites for hydroxylation is 1. The summed E-state index contributed by atoms with van der Waals surface area (Å²) >= 11 is 0. The van der Waals surface area contributed by atoms with E-state index in [1.54, 1.807) is 0 Å². The third-order valence-electron chi connectivity index (χ3n) is 2.64. The topological polar surface area (TPSA) is 82.7 Å². The number of H-pyrrole nitrogens is 1. The summed E-state index contributed by atoms with van der Waals surface area (Å²) in [4.78, 5) is 15.8. The van der Waals surface area contributed by atoms with Gasteiger partial charge in [-0.3, -0.25) is 9.89 Å². The molecule has 0 spiro atoms. The maximum Gasteiger partial charge on any atom is 0.291 e. The van der Waals surface area contributed by atoms with Crippen LogP contribution in [0.15, 0.2) is 0 Å². The molecule has 0 radical (unpaired) electrons. The van der Waals surface area contributed by atoms with Crippen LogP contribution >= 0.6 is 0 Å². The fourth-order valence-electron chi connectivity index (χ4n) is 1.56. The third-order valence-corrected chi connectivity index (χ3v) is 2.64. The van der Waals surface area contributed by atoms with Crippen molar-refractivity contribution in [2.75, 3.05) is 13.1 Å². The van der Waals surface area contributed by atoms with Gasteiger partial charge in [0.2, 0.25) is 5.82 Å². The lowest BCUT2D eigenvalue weighted by molar-refractivity contribution is 0.0944. The monoisotopic (exact) mass is 237 g/mol. The molecule has 3 N–H and O–H groups in total. The zero-order chi connectivity index (χ0) is 12.1. The molecule has 1 aromatic rings. The Morgan fingerprint density at radius 3 is 3.00 bits per heavy atom. The first-order valence-electron chi connectivity index (χ1n) is 6.22. The molecule has 0 bridgehead atoms. The number of amides is 1. The lowest BCUT2D eigenvalue weighted by atomic mass is 10.3. The van der Waals surface area contributed by atoms with Crippen molar-refractivity contribution in [3.63, 3.8) is 0 Å². The summed E-state index contributed by atoms with van der Waals surface area (Å²) in [6, 6.07) is 0.673. The molecule has 0 unspecified atom stereocenters. The van der Waals surface area contributed by atoms with Gasteiger partial charge in [0.25, 0.3) is 5.91 Å². The summed E-state index contributed by atoms with van der Waals surface area (Å²) < 4.78 is 0. The van der Waals surface area contributed by atoms with E-state index in [0.717, 1.165) is 25.2 Å². The molecule has 0 aromatic carbocycles. The van der Waals surface area contributed by atoms with Gasteiger partial charge in [-0.15, -0.1) is 5.10 Å². The Morgan fingerprint density at radius 2 is 2.29 bits per heavy atom. The minimum atomic E-state index is -0.207. The zero-order valence-corrected chi connectivity index (χ0v) is 10.1. The molecular weight excluding hydrogens is 218 g/mol. The smallest absolute Gasteiger partial charge is 0.291 e. The molecular formula is C11H19N5O. The van der Waals surface area contributed by atoms with Crippen LogP contribution in [0, 0.1) is 0 Å². The molecule has 1 aliphatic carbocycles. The molecule has 1 saturated carbocycles. The Labute approximate surface area is 101 Å². The molecule has 1 heterocycles. The van der Waals surface area contributed by atoms with Crippen LogP contribution in [0.4, 0.5) is 0 Å². The highest BCUT2D eigenvalue weighted by molar-refractivity contribution is 5.90. The van der Waals surface area contributed by atoms with E-state index in [1.807, 2.05) is 0 Å². The van der Waals surface area contributed by atoms with Gasteiger partial charge in [0.05, 0.1) is 0 Å². The second-order valence-corrected chi connectivity index (χ2v) is 4.34. The van der Waals surface area contributed by atoms with Gasteiger partial charge in [0.15, 0.2) is 0 Å². The Kier molecular flexibility index (Phi) is 4.08. The predicted molar refractivity (Wildman–Crippen MR) is 63.7 cm³/mol. The van der Waals surface area contributed by atoms with Crippen molar-refractivity contribution in [1.29, 1.82) is 0 Å². The second kappa shape index (κ2) is 5.77. The van der Waals surface area contributed by atoms with Crippen LogP contribution in [-0.4, -0.2) is 40.2 Å². The van der Waals surface area contributed by atoms with Crippen LogP contribution in [0.3, 0.4) is 0 Å². The highest BCUT2D eigenvalue weighted by atomic mass is 16.2. The summed E-state index contributed by atoms with van der Waals surface area (Å²) in [6.07, 6.45) is 4.33. The van der Waals surface area contributed by atoms with Crippen molar-refractivity contribution in [2.45, 2.75) is 38.6 Å². The fraction of sp³-hybridized carbons (Fsp3) is 0.727. The average Bonchev–Trinajstić information content (AvgIpc) is 3.03. The van der Waals surface area contributed by atoms with Crippen molar-refractivity contribution in [1.82, 2.24) is 25.8 Å². The number of carbonyl (C=O) groups excluding carboxylic acids is 1. The predicted octanol–water partition coefficient (Wildman–Crippen LogP) is 0.239. The second-order valence-electron chi connectivity index (χ2n) is 4.34. The molecule has 6 nitrogen and oxygen atoms in total. The number of aromatic amines is 1. The number of rotatable bonds is 7. The van der Waals surface area contributed by atoms with Crippen LogP contribution in [0.5, 0.6) is 0 Å². The van der Waals surface area contributed by atoms with E-state index in [0.29, 0.717) is 12.6 Å². The highest BCUT2D eigenvalue weighted by Gasteiger charge is 2.19. The van der Waals surface area contributed by atoms with Gasteiger partial charge in [0, 0.05) is 25.6 Å². The quantitative estimate of drug-likeness (QED) is 0.593. The Hall–Kier alpha value is -1.43. The van der Waals surface area contributed by atoms with Gasteiger partial charge in [-0.05, 0) is 19.3 Å². The number of aromatic nitrogens is 3. The maximum absolute atomic E-state index is 11.6. The maximum atomic E-state index is 11.6. The van der Waals surface area contributed by atoms with Crippen molar-refractivity contribution in [3.8, 4) is 0 Å². The molecule has 0 atom stereocenters. The van der Waals surface area contributed by atoms with Crippen molar-refractivity contribution in [2.24, 2.45) is 0 Å². The lowest BCUT2D eigenvalue weighted by Gasteiger charge is -2.03. The van der Waals surface area contributed by atoms with Crippen LogP contribution in [0.1, 0.15) is 42.6 Å². The zero-order valence-electron chi connectivity index (χ0n) is 10.1. The van der Waals surface area contributed by atoms with E-state index in [2.05, 4.69) is 32.7 Å². The fourth-order valence-corrected chi connectivity index (χ4v) is 1.56. The lowest BCUT2D eigenvalue weighted by Crippen LogP contribution is -2.33. The molecule has 1 amide bonds. The summed E-state index contributed by atoms with van der Waals surface area (Å²) in [5, 5.41) is 12.8. The summed E-state index contributed by atoms with van der Waals surface area (Å²) in [6.45, 7) is 3.49. The standard InChI is InChI=1S/C11H19N5O/c1-2-3-9-14-10(16-15-9)11(17)13-7-6-12-8-4-5-8/h8,12H,2-7H2,1H3,(H,13,17)(H,14,15,16). The van der Waals surface area contributed by atoms with E-state index in [-0.39, 0.29) is 11.7 Å². The molecule has 0 aliphatic heterocycles. The molecule has 17 heavy (non-hydrogen) atoms. The molecule has 94 valence electrons. The minimum absolute atomic E-state index is 0.207. The first-order chi connectivity index (χ1) is 8.29. The van der Waals surface area contributed by atoms with E-state index < -0.39 is 0 Å². The van der Waals surface area contributed by atoms with E-state index >= 15 is 0 Å². The molecule has 0 saturated heterocycles. The van der Waals surface area contributed by atoms with Gasteiger partial charge in [-0.25, -0.2) is 4.98 Å². The highest BCUT2D eigenvalue weighted by Crippen LogP contribution is 2.17. The average molecular weight is 237 g/mol. The van der Waals surface area contributed by atoms with Crippen LogP contribution < -0.4 is 10.6 Å². The van der Waals surface area contributed by atoms with E-state index in [1.165, 1.54) is 12.8 Å². The van der Waals surface area contributed by atoms with E-state index in [4.69, 9.17) is 0 Å². The van der Waals surface area contributed by atoms with E-state index in [9.17, 15) is 4.79 Å². The summed E-state index contributed by atoms with van der Waals surface area (Å²) in [5.74, 6) is 0.801. The largest absolute Gasteiger partial charge is 0.348 e. The summed E-state index contributed by atoms with van der Waals surface area (Å²) in [7, 11) is 0. The number of hydrogen-bond donors (Lipinski definition) is 3. The molecule has 1 aromatic heterocycles. The molecule has 2 rings (SSSR count). The SMILES string of the molecule is CCCc1nc(C(=O)NCCNC2CC2)n[nH]1. The van der Waals surface area contributed by atoms with Gasteiger partial charge in [-0.1, -0.05) is 6.92 Å². The van der Waals surface area contributed by atoms with Gasteiger partial charge in [0.1, 0.15) is 5.82 Å². The van der Waals surface area contributed by atoms with Crippen molar-refractivity contribution in [3.05, 3.63) is 11.6 Å². The number of nitrogens with one attached hydrogen (secondary N) is 3. The van der Waals surface area contributed by atoms with Gasteiger partial charge < -0.3 is 10.6 Å². The molecule has 6 heteroatoms. The van der Waals surface area contributed by atoms with Crippen LogP contribution in [0.2, 0.25) is 0 Å². The van der Waals surface area contributed by atoms with Crippen LogP contribution in [0.25, 0.3) is 0 Å². The van der Waals surface area contributed by atoms with Crippen LogP contribution in [-0.2, 0) is 6.42 Å². The van der Waals surface area contributed by atoms with Crippen molar-refractivity contribution >= 4 is 5.91 Å².